The predicted molar refractivity (Wildman–Crippen MR) is 74.3 cm³/mol. The normalized spacial score (nSPS) is 10.5. The van der Waals surface area contributed by atoms with Crippen molar-refractivity contribution in [3.05, 3.63) is 29.8 Å². The summed E-state index contributed by atoms with van der Waals surface area (Å²) in [7, 11) is 1.92. The Morgan fingerprint density at radius 2 is 2.18 bits per heavy atom. The van der Waals surface area contributed by atoms with Crippen molar-refractivity contribution in [3.8, 4) is 0 Å². The predicted octanol–water partition coefficient (Wildman–Crippen LogP) is 0.282. The second-order valence-corrected chi connectivity index (χ2v) is 3.91. The van der Waals surface area contributed by atoms with E-state index in [9.17, 15) is 0 Å². The first kappa shape index (κ1) is 13.4. The molecule has 0 heterocycles. The number of thiocarbonyl (C=S) groups is 1. The highest BCUT2D eigenvalue weighted by molar-refractivity contribution is 7.80. The smallest absolute Gasteiger partial charge is 0.184 e. The topological polar surface area (TPSA) is 73.9 Å². The number of nitrogens with two attached hydrogens (primary N) is 1. The molecule has 0 unspecified atom stereocenters. The Hall–Kier alpha value is -1.66. The summed E-state index contributed by atoms with van der Waals surface area (Å²) in [5.41, 5.74) is 9.70. The summed E-state index contributed by atoms with van der Waals surface area (Å²) in [6, 6.07) is 7.76. The fraction of sp³-hybridized carbons (Fsp3) is 0.273. The van der Waals surface area contributed by atoms with E-state index in [1.54, 1.807) is 6.21 Å². The molecular weight excluding hydrogens is 236 g/mol. The van der Waals surface area contributed by atoms with Crippen LogP contribution in [0.2, 0.25) is 0 Å². The fourth-order valence-corrected chi connectivity index (χ4v) is 1.32. The Morgan fingerprint density at radius 3 is 2.71 bits per heavy atom. The van der Waals surface area contributed by atoms with Gasteiger partial charge in [0.2, 0.25) is 0 Å². The molecule has 0 aliphatic rings. The molecule has 0 fully saturated rings. The minimum absolute atomic E-state index is 0.136. The van der Waals surface area contributed by atoms with Crippen LogP contribution in [0.5, 0.6) is 0 Å². The summed E-state index contributed by atoms with van der Waals surface area (Å²) < 4.78 is 0. The van der Waals surface area contributed by atoms with Crippen molar-refractivity contribution in [3.63, 3.8) is 0 Å². The summed E-state index contributed by atoms with van der Waals surface area (Å²) in [6.45, 7) is 0.744. The van der Waals surface area contributed by atoms with Gasteiger partial charge in [0, 0.05) is 19.3 Å². The van der Waals surface area contributed by atoms with Gasteiger partial charge in [-0.1, -0.05) is 12.1 Å². The highest BCUT2D eigenvalue weighted by Gasteiger charge is 1.98. The number of nitrogens with zero attached hydrogens (tertiary/aromatic N) is 2. The largest absolute Gasteiger partial charge is 0.395 e. The van der Waals surface area contributed by atoms with E-state index >= 15 is 0 Å². The summed E-state index contributed by atoms with van der Waals surface area (Å²) in [6.07, 6.45) is 1.63. The van der Waals surface area contributed by atoms with E-state index in [1.165, 1.54) is 0 Å². The number of aliphatic hydroxyl groups is 1. The van der Waals surface area contributed by atoms with Crippen LogP contribution in [0.1, 0.15) is 5.56 Å². The number of anilines is 1. The number of likely N-dealkylation sites (N-methyl/N-ethyl adjacent to an activating group) is 1. The van der Waals surface area contributed by atoms with Crippen molar-refractivity contribution in [2.24, 2.45) is 10.8 Å². The summed E-state index contributed by atoms with van der Waals surface area (Å²) in [4.78, 5) is 1.97. The number of rotatable bonds is 5. The molecule has 4 N–H and O–H groups in total. The van der Waals surface area contributed by atoms with Gasteiger partial charge in [-0.3, -0.25) is 5.43 Å². The van der Waals surface area contributed by atoms with Crippen molar-refractivity contribution < 1.29 is 5.11 Å². The molecule has 0 saturated carbocycles. The van der Waals surface area contributed by atoms with Crippen LogP contribution in [0.25, 0.3) is 0 Å². The van der Waals surface area contributed by atoms with Gasteiger partial charge < -0.3 is 15.7 Å². The van der Waals surface area contributed by atoms with Crippen LogP contribution in [-0.2, 0) is 0 Å². The minimum Gasteiger partial charge on any atom is -0.395 e. The lowest BCUT2D eigenvalue weighted by Crippen LogP contribution is -2.24. The number of nitrogens with one attached hydrogen (secondary N) is 1. The fourth-order valence-electron chi connectivity index (χ4n) is 1.26. The van der Waals surface area contributed by atoms with E-state index in [1.807, 2.05) is 36.2 Å². The van der Waals surface area contributed by atoms with E-state index in [0.29, 0.717) is 6.54 Å². The second kappa shape index (κ2) is 6.82. The minimum atomic E-state index is 0.136. The number of hydrazone groups is 1. The van der Waals surface area contributed by atoms with Crippen molar-refractivity contribution in [1.29, 1.82) is 0 Å². The van der Waals surface area contributed by atoms with Crippen LogP contribution >= 0.6 is 12.2 Å². The van der Waals surface area contributed by atoms with Gasteiger partial charge in [0.1, 0.15) is 0 Å². The first-order chi connectivity index (χ1) is 8.13. The van der Waals surface area contributed by atoms with Crippen molar-refractivity contribution >= 4 is 29.2 Å². The zero-order chi connectivity index (χ0) is 12.7. The van der Waals surface area contributed by atoms with Gasteiger partial charge in [-0.25, -0.2) is 0 Å². The SMILES string of the molecule is CN(CCO)c1ccc(C=NNC(N)=S)cc1. The average molecular weight is 252 g/mol. The van der Waals surface area contributed by atoms with Crippen molar-refractivity contribution in [1.82, 2.24) is 5.43 Å². The molecule has 0 spiro atoms. The molecule has 0 saturated heterocycles. The zero-order valence-corrected chi connectivity index (χ0v) is 10.4. The molecule has 92 valence electrons. The first-order valence-corrected chi connectivity index (χ1v) is 5.55. The molecule has 1 aromatic rings. The third-order valence-corrected chi connectivity index (χ3v) is 2.25. The maximum atomic E-state index is 8.83. The van der Waals surface area contributed by atoms with Gasteiger partial charge in [0.05, 0.1) is 12.8 Å². The van der Waals surface area contributed by atoms with Crippen molar-refractivity contribution in [2.75, 3.05) is 25.1 Å². The molecular formula is C11H16N4OS. The van der Waals surface area contributed by atoms with E-state index in [0.717, 1.165) is 11.3 Å². The lowest BCUT2D eigenvalue weighted by Gasteiger charge is -2.17. The lowest BCUT2D eigenvalue weighted by molar-refractivity contribution is 0.304. The van der Waals surface area contributed by atoms with Gasteiger partial charge >= 0.3 is 0 Å². The number of hydrogen-bond acceptors (Lipinski definition) is 4. The highest BCUT2D eigenvalue weighted by atomic mass is 32.1. The van der Waals surface area contributed by atoms with Crippen LogP contribution in [0.15, 0.2) is 29.4 Å². The summed E-state index contributed by atoms with van der Waals surface area (Å²) in [5, 5.41) is 12.8. The Bertz CT molecular complexity index is 391. The van der Waals surface area contributed by atoms with Gasteiger partial charge in [-0.05, 0) is 29.9 Å². The number of hydrogen-bond donors (Lipinski definition) is 3. The molecule has 0 radical (unpaired) electrons. The maximum Gasteiger partial charge on any atom is 0.184 e. The van der Waals surface area contributed by atoms with E-state index in [2.05, 4.69) is 22.7 Å². The Kier molecular flexibility index (Phi) is 5.38. The van der Waals surface area contributed by atoms with Crippen LogP contribution < -0.4 is 16.1 Å². The number of aliphatic hydroxyl groups excluding tert-OH is 1. The van der Waals surface area contributed by atoms with Crippen molar-refractivity contribution in [2.45, 2.75) is 0 Å². The van der Waals surface area contributed by atoms with Gasteiger partial charge in [-0.2, -0.15) is 5.10 Å². The Labute approximate surface area is 106 Å². The van der Waals surface area contributed by atoms with Crippen LogP contribution in [0, 0.1) is 0 Å². The molecule has 0 aromatic heterocycles. The third-order valence-electron chi connectivity index (χ3n) is 2.16. The molecule has 0 atom stereocenters. The Morgan fingerprint density at radius 1 is 1.53 bits per heavy atom. The standard InChI is InChI=1S/C11H16N4OS/c1-15(6-7-16)10-4-2-9(3-5-10)8-13-14-11(12)17/h2-5,8,16H,6-7H2,1H3,(H3,12,14,17). The van der Waals surface area contributed by atoms with Crippen LogP contribution in [-0.4, -0.2) is 36.6 Å². The molecule has 5 nitrogen and oxygen atoms in total. The number of benzene rings is 1. The summed E-state index contributed by atoms with van der Waals surface area (Å²) >= 11 is 4.62. The van der Waals surface area contributed by atoms with Gasteiger partial charge in [0.15, 0.2) is 5.11 Å². The van der Waals surface area contributed by atoms with Crippen LogP contribution in [0.4, 0.5) is 5.69 Å². The monoisotopic (exact) mass is 252 g/mol. The van der Waals surface area contributed by atoms with Crippen LogP contribution in [0.3, 0.4) is 0 Å². The highest BCUT2D eigenvalue weighted by Crippen LogP contribution is 2.12. The van der Waals surface area contributed by atoms with E-state index in [-0.39, 0.29) is 11.7 Å². The van der Waals surface area contributed by atoms with E-state index < -0.39 is 0 Å². The van der Waals surface area contributed by atoms with Gasteiger partial charge in [-0.15, -0.1) is 0 Å². The molecule has 17 heavy (non-hydrogen) atoms. The molecule has 1 aromatic carbocycles. The summed E-state index contributed by atoms with van der Waals surface area (Å²) in [5.74, 6) is 0. The molecule has 0 amide bonds. The third kappa shape index (κ3) is 4.80. The Balaban J connectivity index is 2.61. The molecule has 0 aliphatic heterocycles. The second-order valence-electron chi connectivity index (χ2n) is 3.47. The zero-order valence-electron chi connectivity index (χ0n) is 9.63. The maximum absolute atomic E-state index is 8.83. The van der Waals surface area contributed by atoms with E-state index in [4.69, 9.17) is 10.8 Å². The lowest BCUT2D eigenvalue weighted by atomic mass is 10.2. The molecule has 1 rings (SSSR count). The average Bonchev–Trinajstić information content (AvgIpc) is 2.30. The quantitative estimate of drug-likeness (QED) is 0.399. The molecule has 0 bridgehead atoms. The molecule has 6 heteroatoms. The molecule has 0 aliphatic carbocycles. The van der Waals surface area contributed by atoms with Gasteiger partial charge in [0.25, 0.3) is 0 Å². The first-order valence-electron chi connectivity index (χ1n) is 5.14.